The number of benzene rings is 1. The van der Waals surface area contributed by atoms with Gasteiger partial charge >= 0.3 is 0 Å². The minimum absolute atomic E-state index is 0.134. The molecule has 1 amide bonds. The Hall–Kier alpha value is -3.56. The first-order valence-electron chi connectivity index (χ1n) is 8.42. The van der Waals surface area contributed by atoms with Crippen molar-refractivity contribution in [2.24, 2.45) is 7.05 Å². The van der Waals surface area contributed by atoms with Crippen molar-refractivity contribution in [3.63, 3.8) is 0 Å². The van der Waals surface area contributed by atoms with Gasteiger partial charge in [0.25, 0.3) is 11.5 Å². The second-order valence-electron chi connectivity index (χ2n) is 6.03. The third kappa shape index (κ3) is 3.90. The molecule has 0 bridgehead atoms. The summed E-state index contributed by atoms with van der Waals surface area (Å²) < 4.78 is 30.0. The summed E-state index contributed by atoms with van der Waals surface area (Å²) in [5, 5.41) is 9.51. The fourth-order valence-electron chi connectivity index (χ4n) is 2.66. The first-order chi connectivity index (χ1) is 13.4. The van der Waals surface area contributed by atoms with Gasteiger partial charge in [0.15, 0.2) is 0 Å². The van der Waals surface area contributed by atoms with Crippen molar-refractivity contribution in [3.8, 4) is 5.69 Å². The topological polar surface area (TPSA) is 93.8 Å². The van der Waals surface area contributed by atoms with Gasteiger partial charge in [0.05, 0.1) is 5.69 Å². The maximum Gasteiger partial charge on any atom is 0.268 e. The highest BCUT2D eigenvalue weighted by Crippen LogP contribution is 2.14. The molecule has 0 saturated heterocycles. The van der Waals surface area contributed by atoms with Crippen LogP contribution in [0.1, 0.15) is 15.9 Å². The van der Waals surface area contributed by atoms with Crippen LogP contribution in [0, 0.1) is 18.6 Å². The van der Waals surface area contributed by atoms with Gasteiger partial charge in [-0.05, 0) is 30.7 Å². The first kappa shape index (κ1) is 19.2. The molecule has 0 atom stereocenters. The fourth-order valence-corrected chi connectivity index (χ4v) is 2.66. The number of pyridine rings is 1. The van der Waals surface area contributed by atoms with Crippen molar-refractivity contribution in [3.05, 3.63) is 69.9 Å². The van der Waals surface area contributed by atoms with Crippen molar-refractivity contribution >= 4 is 11.9 Å². The third-order valence-corrected chi connectivity index (χ3v) is 4.10. The Kier molecular flexibility index (Phi) is 5.48. The van der Waals surface area contributed by atoms with Crippen LogP contribution in [0.25, 0.3) is 5.69 Å². The van der Waals surface area contributed by atoms with Crippen LogP contribution in [0.5, 0.6) is 0 Å². The lowest BCUT2D eigenvalue weighted by molar-refractivity contribution is 0.0952. The van der Waals surface area contributed by atoms with Gasteiger partial charge in [-0.3, -0.25) is 14.2 Å². The van der Waals surface area contributed by atoms with Gasteiger partial charge < -0.3 is 10.6 Å². The number of carbonyl (C=O) groups is 1. The Labute approximate surface area is 158 Å². The van der Waals surface area contributed by atoms with Crippen LogP contribution >= 0.6 is 0 Å². The van der Waals surface area contributed by atoms with E-state index in [2.05, 4.69) is 20.7 Å². The van der Waals surface area contributed by atoms with Crippen LogP contribution in [0.2, 0.25) is 0 Å². The zero-order valence-electron chi connectivity index (χ0n) is 15.2. The molecule has 146 valence electrons. The molecule has 0 aliphatic heterocycles. The second-order valence-corrected chi connectivity index (χ2v) is 6.03. The quantitative estimate of drug-likeness (QED) is 0.623. The van der Waals surface area contributed by atoms with E-state index >= 15 is 0 Å². The molecule has 3 aromatic rings. The summed E-state index contributed by atoms with van der Waals surface area (Å²) in [6, 6.07) is 4.28. The van der Waals surface area contributed by atoms with Gasteiger partial charge in [-0.25, -0.2) is 13.5 Å². The summed E-state index contributed by atoms with van der Waals surface area (Å²) in [7, 11) is 1.72. The zero-order chi connectivity index (χ0) is 20.3. The molecule has 2 aromatic heterocycles. The predicted molar refractivity (Wildman–Crippen MR) is 98.5 cm³/mol. The highest BCUT2D eigenvalue weighted by molar-refractivity contribution is 5.95. The number of anilines is 1. The van der Waals surface area contributed by atoms with E-state index in [0.29, 0.717) is 18.1 Å². The number of rotatable bonds is 6. The van der Waals surface area contributed by atoms with E-state index in [1.54, 1.807) is 14.0 Å². The summed E-state index contributed by atoms with van der Waals surface area (Å²) in [4.78, 5) is 29.2. The van der Waals surface area contributed by atoms with Crippen LogP contribution in [0.3, 0.4) is 0 Å². The SMILES string of the molecule is Cc1ccn(-c2cc(F)ccc2F)c(=O)c1C(=O)NCCNc1ncnn1C. The largest absolute Gasteiger partial charge is 0.353 e. The Morgan fingerprint density at radius 2 is 2.00 bits per heavy atom. The van der Waals surface area contributed by atoms with Crippen molar-refractivity contribution in [2.45, 2.75) is 6.92 Å². The van der Waals surface area contributed by atoms with Crippen molar-refractivity contribution < 1.29 is 13.6 Å². The number of nitrogens with one attached hydrogen (secondary N) is 2. The molecular formula is C18H18F2N6O2. The van der Waals surface area contributed by atoms with Crippen LogP contribution in [0.4, 0.5) is 14.7 Å². The van der Waals surface area contributed by atoms with Gasteiger partial charge in [0.1, 0.15) is 23.5 Å². The van der Waals surface area contributed by atoms with Crippen molar-refractivity contribution in [1.29, 1.82) is 0 Å². The van der Waals surface area contributed by atoms with E-state index in [-0.39, 0.29) is 17.8 Å². The molecule has 2 heterocycles. The summed E-state index contributed by atoms with van der Waals surface area (Å²) in [6.07, 6.45) is 2.70. The van der Waals surface area contributed by atoms with Gasteiger partial charge in [-0.1, -0.05) is 0 Å². The summed E-state index contributed by atoms with van der Waals surface area (Å²) in [6.45, 7) is 2.17. The number of hydrogen-bond acceptors (Lipinski definition) is 5. The van der Waals surface area contributed by atoms with Crippen LogP contribution in [-0.4, -0.2) is 38.3 Å². The summed E-state index contributed by atoms with van der Waals surface area (Å²) in [5.74, 6) is -1.53. The van der Waals surface area contributed by atoms with E-state index in [1.165, 1.54) is 23.3 Å². The third-order valence-electron chi connectivity index (χ3n) is 4.10. The van der Waals surface area contributed by atoms with Gasteiger partial charge in [-0.15, -0.1) is 0 Å². The highest BCUT2D eigenvalue weighted by atomic mass is 19.1. The molecule has 1 aromatic carbocycles. The van der Waals surface area contributed by atoms with E-state index in [4.69, 9.17) is 0 Å². The smallest absolute Gasteiger partial charge is 0.268 e. The number of hydrogen-bond donors (Lipinski definition) is 2. The Bertz CT molecular complexity index is 1080. The van der Waals surface area contributed by atoms with E-state index in [9.17, 15) is 18.4 Å². The molecule has 28 heavy (non-hydrogen) atoms. The van der Waals surface area contributed by atoms with Gasteiger partial charge in [-0.2, -0.15) is 10.1 Å². The average Bonchev–Trinajstić information content (AvgIpc) is 3.06. The first-order valence-corrected chi connectivity index (χ1v) is 8.42. The molecule has 0 fully saturated rings. The van der Waals surface area contributed by atoms with E-state index < -0.39 is 23.1 Å². The Morgan fingerprint density at radius 3 is 2.71 bits per heavy atom. The minimum Gasteiger partial charge on any atom is -0.353 e. The van der Waals surface area contributed by atoms with Crippen LogP contribution < -0.4 is 16.2 Å². The van der Waals surface area contributed by atoms with E-state index in [0.717, 1.165) is 22.8 Å². The molecule has 10 heteroatoms. The standard InChI is InChI=1S/C18H18F2N6O2/c1-11-5-8-26(14-9-12(19)3-4-13(14)20)17(28)15(11)16(27)21-6-7-22-18-23-10-24-25(18)2/h3-5,8-10H,6-7H2,1-2H3,(H,21,27)(H,22,23,24). The summed E-state index contributed by atoms with van der Waals surface area (Å²) in [5.41, 5.74) is -0.701. The zero-order valence-corrected chi connectivity index (χ0v) is 15.2. The molecular weight excluding hydrogens is 370 g/mol. The number of halogens is 2. The minimum atomic E-state index is -0.772. The average molecular weight is 388 g/mol. The lowest BCUT2D eigenvalue weighted by atomic mass is 10.1. The maximum atomic E-state index is 14.0. The van der Waals surface area contributed by atoms with Crippen molar-refractivity contribution in [1.82, 2.24) is 24.6 Å². The number of aryl methyl sites for hydroxylation is 2. The normalized spacial score (nSPS) is 10.7. The fraction of sp³-hybridized carbons (Fsp3) is 0.222. The molecule has 2 N–H and O–H groups in total. The van der Waals surface area contributed by atoms with E-state index in [1.807, 2.05) is 0 Å². The number of aromatic nitrogens is 4. The monoisotopic (exact) mass is 388 g/mol. The Balaban J connectivity index is 1.77. The van der Waals surface area contributed by atoms with Crippen molar-refractivity contribution in [2.75, 3.05) is 18.4 Å². The summed E-state index contributed by atoms with van der Waals surface area (Å²) >= 11 is 0. The molecule has 0 saturated carbocycles. The lowest BCUT2D eigenvalue weighted by Gasteiger charge is -2.12. The van der Waals surface area contributed by atoms with Crippen LogP contribution in [0.15, 0.2) is 41.6 Å². The maximum absolute atomic E-state index is 14.0. The molecule has 3 rings (SSSR count). The predicted octanol–water partition coefficient (Wildman–Crippen LogP) is 1.39. The number of amides is 1. The van der Waals surface area contributed by atoms with Gasteiger partial charge in [0, 0.05) is 32.4 Å². The number of nitrogens with zero attached hydrogens (tertiary/aromatic N) is 4. The second kappa shape index (κ2) is 7.99. The molecule has 0 radical (unpaired) electrons. The molecule has 0 aliphatic carbocycles. The molecule has 8 nitrogen and oxygen atoms in total. The lowest BCUT2D eigenvalue weighted by Crippen LogP contribution is -2.36. The Morgan fingerprint density at radius 1 is 1.21 bits per heavy atom. The highest BCUT2D eigenvalue weighted by Gasteiger charge is 2.18. The molecule has 0 unspecified atom stereocenters. The van der Waals surface area contributed by atoms with Gasteiger partial charge in [0.2, 0.25) is 5.95 Å². The molecule has 0 aliphatic rings. The molecule has 0 spiro atoms. The number of carbonyl (C=O) groups excluding carboxylic acids is 1. The van der Waals surface area contributed by atoms with Crippen LogP contribution in [-0.2, 0) is 7.05 Å².